The van der Waals surface area contributed by atoms with E-state index >= 15 is 0 Å². The Morgan fingerprint density at radius 2 is 1.80 bits per heavy atom. The lowest BCUT2D eigenvalue weighted by atomic mass is 10.2. The third-order valence-corrected chi connectivity index (χ3v) is 4.20. The molecule has 0 aromatic heterocycles. The quantitative estimate of drug-likeness (QED) is 0.784. The fourth-order valence-electron chi connectivity index (χ4n) is 1.54. The average molecular weight is 296 g/mol. The van der Waals surface area contributed by atoms with Gasteiger partial charge in [0.2, 0.25) is 0 Å². The second-order valence-corrected chi connectivity index (χ2v) is 7.54. The molecule has 1 aromatic carbocycles. The van der Waals surface area contributed by atoms with E-state index in [1.165, 1.54) is 12.1 Å². The van der Waals surface area contributed by atoms with Crippen molar-refractivity contribution in [1.82, 2.24) is 0 Å². The fraction of sp³-hybridized carbons (Fsp3) is 0.400. The lowest BCUT2D eigenvalue weighted by Crippen LogP contribution is -2.25. The first-order valence-electron chi connectivity index (χ1n) is 6.31. The van der Waals surface area contributed by atoms with Crippen molar-refractivity contribution in [2.24, 2.45) is 0 Å². The zero-order valence-electron chi connectivity index (χ0n) is 12.0. The summed E-state index contributed by atoms with van der Waals surface area (Å²) in [5, 5.41) is 0. The summed E-state index contributed by atoms with van der Waals surface area (Å²) < 4.78 is 29.2. The second-order valence-electron chi connectivity index (χ2n) is 5.43. The van der Waals surface area contributed by atoms with E-state index in [0.717, 1.165) is 5.56 Å². The van der Waals surface area contributed by atoms with Crippen molar-refractivity contribution < 1.29 is 17.9 Å². The van der Waals surface area contributed by atoms with Crippen LogP contribution >= 0.6 is 0 Å². The van der Waals surface area contributed by atoms with E-state index < -0.39 is 21.4 Å². The lowest BCUT2D eigenvalue weighted by Gasteiger charge is -2.19. The zero-order chi connectivity index (χ0) is 15.4. The summed E-state index contributed by atoms with van der Waals surface area (Å²) in [5.74, 6) is -0.765. The van der Waals surface area contributed by atoms with Crippen LogP contribution in [0.25, 0.3) is 6.08 Å². The standard InChI is InChI=1S/C15H20O4S/c1-5-12-6-8-13(9-7-12)20(17,18)11-10-14(16)19-15(2,3)4/h5-9H,1,10-11H2,2-4H3. The molecule has 0 fully saturated rings. The van der Waals surface area contributed by atoms with Crippen LogP contribution in [0.3, 0.4) is 0 Å². The zero-order valence-corrected chi connectivity index (χ0v) is 12.9. The first kappa shape index (κ1) is 16.4. The maximum absolute atomic E-state index is 12.1. The Morgan fingerprint density at radius 3 is 2.25 bits per heavy atom. The van der Waals surface area contributed by atoms with Crippen LogP contribution in [0, 0.1) is 0 Å². The van der Waals surface area contributed by atoms with Crippen LogP contribution in [0.4, 0.5) is 0 Å². The van der Waals surface area contributed by atoms with Crippen LogP contribution < -0.4 is 0 Å². The number of esters is 1. The first-order valence-corrected chi connectivity index (χ1v) is 7.96. The van der Waals surface area contributed by atoms with E-state index in [1.807, 2.05) is 0 Å². The normalized spacial score (nSPS) is 11.9. The number of ether oxygens (including phenoxy) is 1. The minimum Gasteiger partial charge on any atom is -0.460 e. The van der Waals surface area contributed by atoms with Gasteiger partial charge in [-0.3, -0.25) is 4.79 Å². The van der Waals surface area contributed by atoms with E-state index in [9.17, 15) is 13.2 Å². The summed E-state index contributed by atoms with van der Waals surface area (Å²) >= 11 is 0. The van der Waals surface area contributed by atoms with Crippen molar-refractivity contribution in [2.75, 3.05) is 5.75 Å². The number of carbonyl (C=O) groups excluding carboxylic acids is 1. The van der Waals surface area contributed by atoms with Crippen LogP contribution in [0.15, 0.2) is 35.7 Å². The van der Waals surface area contributed by atoms with Crippen LogP contribution in [0.1, 0.15) is 32.8 Å². The molecule has 0 bridgehead atoms. The molecule has 1 aromatic rings. The van der Waals surface area contributed by atoms with Gasteiger partial charge in [-0.1, -0.05) is 24.8 Å². The van der Waals surface area contributed by atoms with E-state index in [4.69, 9.17) is 4.74 Å². The van der Waals surface area contributed by atoms with Crippen molar-refractivity contribution in [3.05, 3.63) is 36.4 Å². The molecule has 0 unspecified atom stereocenters. The topological polar surface area (TPSA) is 60.4 Å². The third kappa shape index (κ3) is 5.17. The van der Waals surface area contributed by atoms with Gasteiger partial charge in [-0.2, -0.15) is 0 Å². The maximum atomic E-state index is 12.1. The molecule has 4 nitrogen and oxygen atoms in total. The molecule has 0 radical (unpaired) electrons. The Labute approximate surface area is 120 Å². The molecule has 0 aliphatic carbocycles. The summed E-state index contributed by atoms with van der Waals surface area (Å²) in [4.78, 5) is 11.7. The predicted octanol–water partition coefficient (Wildman–Crippen LogP) is 2.84. The summed E-state index contributed by atoms with van der Waals surface area (Å²) in [6.07, 6.45) is 1.49. The van der Waals surface area contributed by atoms with E-state index in [1.54, 1.807) is 39.0 Å². The van der Waals surface area contributed by atoms with Gasteiger partial charge in [0.25, 0.3) is 0 Å². The Balaban J connectivity index is 2.70. The summed E-state index contributed by atoms with van der Waals surface area (Å²) in [5.41, 5.74) is 0.239. The Bertz CT molecular complexity index is 577. The lowest BCUT2D eigenvalue weighted by molar-refractivity contribution is -0.154. The SMILES string of the molecule is C=Cc1ccc(S(=O)(=O)CCC(=O)OC(C)(C)C)cc1. The van der Waals surface area contributed by atoms with Gasteiger partial charge in [0, 0.05) is 0 Å². The molecule has 0 saturated carbocycles. The molecule has 0 atom stereocenters. The van der Waals surface area contributed by atoms with Crippen LogP contribution in [0.5, 0.6) is 0 Å². The van der Waals surface area contributed by atoms with Gasteiger partial charge in [-0.15, -0.1) is 0 Å². The Hall–Kier alpha value is -1.62. The molecule has 1 rings (SSSR count). The molecular formula is C15H20O4S. The number of rotatable bonds is 5. The van der Waals surface area contributed by atoms with Crippen LogP contribution in [0.2, 0.25) is 0 Å². The Kier molecular flexibility index (Phi) is 5.11. The highest BCUT2D eigenvalue weighted by Gasteiger charge is 2.20. The van der Waals surface area contributed by atoms with Crippen molar-refractivity contribution >= 4 is 21.9 Å². The fourth-order valence-corrected chi connectivity index (χ4v) is 2.76. The summed E-state index contributed by atoms with van der Waals surface area (Å²) in [7, 11) is -3.47. The third-order valence-electron chi connectivity index (χ3n) is 2.47. The van der Waals surface area contributed by atoms with E-state index in [0.29, 0.717) is 0 Å². The first-order chi connectivity index (χ1) is 9.14. The maximum Gasteiger partial charge on any atom is 0.307 e. The smallest absolute Gasteiger partial charge is 0.307 e. The van der Waals surface area contributed by atoms with E-state index in [2.05, 4.69) is 6.58 Å². The number of sulfone groups is 1. The monoisotopic (exact) mass is 296 g/mol. The molecule has 0 spiro atoms. The highest BCUT2D eigenvalue weighted by Crippen LogP contribution is 2.15. The highest BCUT2D eigenvalue weighted by atomic mass is 32.2. The number of carbonyl (C=O) groups is 1. The molecule has 0 N–H and O–H groups in total. The van der Waals surface area contributed by atoms with E-state index in [-0.39, 0.29) is 17.1 Å². The molecular weight excluding hydrogens is 276 g/mol. The largest absolute Gasteiger partial charge is 0.460 e. The van der Waals surface area contributed by atoms with Gasteiger partial charge in [0.1, 0.15) is 5.60 Å². The van der Waals surface area contributed by atoms with Gasteiger partial charge in [0.05, 0.1) is 17.1 Å². The summed E-state index contributed by atoms with van der Waals surface area (Å²) in [6.45, 7) is 8.84. The van der Waals surface area contributed by atoms with Crippen molar-refractivity contribution in [3.8, 4) is 0 Å². The molecule has 110 valence electrons. The average Bonchev–Trinajstić information content (AvgIpc) is 2.35. The Morgan fingerprint density at radius 1 is 1.25 bits per heavy atom. The second kappa shape index (κ2) is 6.22. The van der Waals surface area contributed by atoms with Gasteiger partial charge in [0.15, 0.2) is 9.84 Å². The highest BCUT2D eigenvalue weighted by molar-refractivity contribution is 7.91. The predicted molar refractivity (Wildman–Crippen MR) is 79.0 cm³/mol. The molecule has 20 heavy (non-hydrogen) atoms. The molecule has 0 heterocycles. The van der Waals surface area contributed by atoms with Gasteiger partial charge in [-0.25, -0.2) is 8.42 Å². The van der Waals surface area contributed by atoms with Gasteiger partial charge >= 0.3 is 5.97 Å². The number of hydrogen-bond donors (Lipinski definition) is 0. The molecule has 0 amide bonds. The van der Waals surface area contributed by atoms with Crippen molar-refractivity contribution in [1.29, 1.82) is 0 Å². The molecule has 0 saturated heterocycles. The summed E-state index contributed by atoms with van der Waals surface area (Å²) in [6, 6.07) is 6.38. The van der Waals surface area contributed by atoms with Crippen LogP contribution in [-0.2, 0) is 19.4 Å². The van der Waals surface area contributed by atoms with Gasteiger partial charge < -0.3 is 4.74 Å². The molecule has 5 heteroatoms. The minimum atomic E-state index is -3.47. The van der Waals surface area contributed by atoms with Crippen molar-refractivity contribution in [3.63, 3.8) is 0 Å². The number of hydrogen-bond acceptors (Lipinski definition) is 4. The minimum absolute atomic E-state index is 0.150. The van der Waals surface area contributed by atoms with Crippen LogP contribution in [-0.4, -0.2) is 25.7 Å². The molecule has 0 aliphatic rings. The van der Waals surface area contributed by atoms with Crippen molar-refractivity contribution in [2.45, 2.75) is 37.7 Å². The molecule has 0 aliphatic heterocycles. The van der Waals surface area contributed by atoms with Gasteiger partial charge in [-0.05, 0) is 38.5 Å². The number of benzene rings is 1.